The van der Waals surface area contributed by atoms with E-state index in [0.717, 1.165) is 0 Å². The molecule has 0 spiro atoms. The Bertz CT molecular complexity index is 430. The molecule has 1 aromatic carbocycles. The first kappa shape index (κ1) is 14.2. The normalized spacial score (nSPS) is 10.2. The number of amides is 2. The average Bonchev–Trinajstić information content (AvgIpc) is 2.28. The zero-order valence-electron chi connectivity index (χ0n) is 10.9. The van der Waals surface area contributed by atoms with E-state index in [9.17, 15) is 9.59 Å². The van der Waals surface area contributed by atoms with Gasteiger partial charge < -0.3 is 16.0 Å². The van der Waals surface area contributed by atoms with Crippen LogP contribution < -0.4 is 16.0 Å². The largest absolute Gasteiger partial charge is 0.350 e. The minimum Gasteiger partial charge on any atom is -0.350 e. The summed E-state index contributed by atoms with van der Waals surface area (Å²) >= 11 is 0. The molecule has 0 aromatic heterocycles. The van der Waals surface area contributed by atoms with Gasteiger partial charge in [0.2, 0.25) is 5.91 Å². The Labute approximate surface area is 107 Å². The van der Waals surface area contributed by atoms with Crippen LogP contribution >= 0.6 is 0 Å². The summed E-state index contributed by atoms with van der Waals surface area (Å²) in [4.78, 5) is 23.4. The summed E-state index contributed by atoms with van der Waals surface area (Å²) in [5.74, 6) is -0.368. The van der Waals surface area contributed by atoms with Crippen LogP contribution in [0.3, 0.4) is 0 Å². The Kier molecular flexibility index (Phi) is 5.32. The van der Waals surface area contributed by atoms with E-state index in [4.69, 9.17) is 0 Å². The molecule has 5 heteroatoms. The molecular formula is C13H19N3O2. The van der Waals surface area contributed by atoms with Gasteiger partial charge in [0.15, 0.2) is 0 Å². The average molecular weight is 249 g/mol. The third-order valence-electron chi connectivity index (χ3n) is 2.20. The summed E-state index contributed by atoms with van der Waals surface area (Å²) in [5, 5.41) is 8.26. The third kappa shape index (κ3) is 4.18. The number of anilines is 1. The maximum Gasteiger partial charge on any atom is 0.253 e. The maximum absolute atomic E-state index is 11.9. The molecule has 0 heterocycles. The van der Waals surface area contributed by atoms with Gasteiger partial charge in [0.05, 0.1) is 17.8 Å². The fourth-order valence-electron chi connectivity index (χ4n) is 1.49. The van der Waals surface area contributed by atoms with Crippen LogP contribution in [0.4, 0.5) is 5.69 Å². The van der Waals surface area contributed by atoms with E-state index in [0.29, 0.717) is 11.3 Å². The standard InChI is InChI=1S/C13H19N3O2/c1-9(2)15-13(18)10-6-4-5-7-11(10)16-12(17)8-14-3/h4-7,9,14H,8H2,1-3H3,(H,15,18)(H,16,17). The van der Waals surface area contributed by atoms with Gasteiger partial charge in [-0.05, 0) is 33.0 Å². The molecule has 0 unspecified atom stereocenters. The molecule has 0 radical (unpaired) electrons. The topological polar surface area (TPSA) is 70.2 Å². The molecule has 0 saturated heterocycles. The Morgan fingerprint density at radius 2 is 1.89 bits per heavy atom. The van der Waals surface area contributed by atoms with E-state index in [1.807, 2.05) is 13.8 Å². The van der Waals surface area contributed by atoms with Gasteiger partial charge in [-0.3, -0.25) is 9.59 Å². The summed E-state index contributed by atoms with van der Waals surface area (Å²) in [6, 6.07) is 7.00. The van der Waals surface area contributed by atoms with Gasteiger partial charge in [0, 0.05) is 6.04 Å². The molecule has 0 atom stereocenters. The third-order valence-corrected chi connectivity index (χ3v) is 2.20. The van der Waals surface area contributed by atoms with Gasteiger partial charge in [-0.15, -0.1) is 0 Å². The monoisotopic (exact) mass is 249 g/mol. The predicted octanol–water partition coefficient (Wildman–Crippen LogP) is 0.983. The van der Waals surface area contributed by atoms with E-state index < -0.39 is 0 Å². The van der Waals surface area contributed by atoms with Crippen LogP contribution in [0.25, 0.3) is 0 Å². The van der Waals surface area contributed by atoms with E-state index in [1.165, 1.54) is 0 Å². The molecule has 0 aliphatic carbocycles. The van der Waals surface area contributed by atoms with Crippen LogP contribution in [0, 0.1) is 0 Å². The van der Waals surface area contributed by atoms with Crippen molar-refractivity contribution in [3.63, 3.8) is 0 Å². The number of hydrogen-bond acceptors (Lipinski definition) is 3. The minimum absolute atomic E-state index is 0.0542. The van der Waals surface area contributed by atoms with Gasteiger partial charge in [-0.25, -0.2) is 0 Å². The number of hydrogen-bond donors (Lipinski definition) is 3. The first-order valence-corrected chi connectivity index (χ1v) is 5.89. The van der Waals surface area contributed by atoms with E-state index >= 15 is 0 Å². The minimum atomic E-state index is -0.189. The molecule has 0 aliphatic heterocycles. The van der Waals surface area contributed by atoms with Crippen molar-refractivity contribution in [2.24, 2.45) is 0 Å². The first-order chi connectivity index (χ1) is 8.54. The lowest BCUT2D eigenvalue weighted by Gasteiger charge is -2.13. The van der Waals surface area contributed by atoms with Crippen molar-refractivity contribution in [1.29, 1.82) is 0 Å². The highest BCUT2D eigenvalue weighted by atomic mass is 16.2. The maximum atomic E-state index is 11.9. The van der Waals surface area contributed by atoms with Crippen LogP contribution in [-0.4, -0.2) is 31.4 Å². The van der Waals surface area contributed by atoms with Crippen molar-refractivity contribution < 1.29 is 9.59 Å². The highest BCUT2D eigenvalue weighted by Gasteiger charge is 2.13. The second kappa shape index (κ2) is 6.76. The number of likely N-dealkylation sites (N-methyl/N-ethyl adjacent to an activating group) is 1. The van der Waals surface area contributed by atoms with Gasteiger partial charge >= 0.3 is 0 Å². The number of para-hydroxylation sites is 1. The summed E-state index contributed by atoms with van der Waals surface area (Å²) < 4.78 is 0. The van der Waals surface area contributed by atoms with Crippen LogP contribution in [0.15, 0.2) is 24.3 Å². The number of nitrogens with one attached hydrogen (secondary N) is 3. The molecule has 5 nitrogen and oxygen atoms in total. The van der Waals surface area contributed by atoms with E-state index in [-0.39, 0.29) is 24.4 Å². The zero-order chi connectivity index (χ0) is 13.5. The quantitative estimate of drug-likeness (QED) is 0.728. The smallest absolute Gasteiger partial charge is 0.253 e. The second-order valence-corrected chi connectivity index (χ2v) is 4.25. The van der Waals surface area contributed by atoms with Crippen LogP contribution in [-0.2, 0) is 4.79 Å². The summed E-state index contributed by atoms with van der Waals surface area (Å²) in [5.41, 5.74) is 0.992. The van der Waals surface area contributed by atoms with Crippen LogP contribution in [0.2, 0.25) is 0 Å². The van der Waals surface area contributed by atoms with E-state index in [2.05, 4.69) is 16.0 Å². The van der Waals surface area contributed by atoms with Gasteiger partial charge in [0.1, 0.15) is 0 Å². The molecular weight excluding hydrogens is 230 g/mol. The van der Waals surface area contributed by atoms with Crippen LogP contribution in [0.5, 0.6) is 0 Å². The van der Waals surface area contributed by atoms with E-state index in [1.54, 1.807) is 31.3 Å². The summed E-state index contributed by atoms with van der Waals surface area (Å²) in [6.45, 7) is 3.99. The summed E-state index contributed by atoms with van der Waals surface area (Å²) in [7, 11) is 1.69. The molecule has 2 amide bonds. The molecule has 0 saturated carbocycles. The van der Waals surface area contributed by atoms with Crippen LogP contribution in [0.1, 0.15) is 24.2 Å². The van der Waals surface area contributed by atoms with Crippen molar-refractivity contribution in [2.75, 3.05) is 18.9 Å². The molecule has 1 aromatic rings. The summed E-state index contributed by atoms with van der Waals surface area (Å²) in [6.07, 6.45) is 0. The number of benzene rings is 1. The Balaban J connectivity index is 2.85. The first-order valence-electron chi connectivity index (χ1n) is 5.89. The lowest BCUT2D eigenvalue weighted by molar-refractivity contribution is -0.115. The second-order valence-electron chi connectivity index (χ2n) is 4.25. The molecule has 3 N–H and O–H groups in total. The van der Waals surface area contributed by atoms with Crippen molar-refractivity contribution >= 4 is 17.5 Å². The molecule has 0 fully saturated rings. The predicted molar refractivity (Wildman–Crippen MR) is 71.6 cm³/mol. The SMILES string of the molecule is CNCC(=O)Nc1ccccc1C(=O)NC(C)C. The van der Waals surface area contributed by atoms with Crippen molar-refractivity contribution in [2.45, 2.75) is 19.9 Å². The number of rotatable bonds is 5. The van der Waals surface area contributed by atoms with Crippen molar-refractivity contribution in [1.82, 2.24) is 10.6 Å². The highest BCUT2D eigenvalue weighted by Crippen LogP contribution is 2.14. The molecule has 98 valence electrons. The lowest BCUT2D eigenvalue weighted by Crippen LogP contribution is -2.31. The fourth-order valence-corrected chi connectivity index (χ4v) is 1.49. The molecule has 1 rings (SSSR count). The zero-order valence-corrected chi connectivity index (χ0v) is 10.9. The Morgan fingerprint density at radius 3 is 2.50 bits per heavy atom. The molecule has 0 aliphatic rings. The number of carbonyl (C=O) groups is 2. The molecule has 0 bridgehead atoms. The van der Waals surface area contributed by atoms with Crippen molar-refractivity contribution in [3.05, 3.63) is 29.8 Å². The van der Waals surface area contributed by atoms with Gasteiger partial charge in [-0.2, -0.15) is 0 Å². The Morgan fingerprint density at radius 1 is 1.22 bits per heavy atom. The Hall–Kier alpha value is -1.88. The van der Waals surface area contributed by atoms with Crippen molar-refractivity contribution in [3.8, 4) is 0 Å². The van der Waals surface area contributed by atoms with Gasteiger partial charge in [0.25, 0.3) is 5.91 Å². The highest BCUT2D eigenvalue weighted by molar-refractivity contribution is 6.04. The fraction of sp³-hybridized carbons (Fsp3) is 0.385. The number of carbonyl (C=O) groups excluding carboxylic acids is 2. The lowest BCUT2D eigenvalue weighted by atomic mass is 10.1. The van der Waals surface area contributed by atoms with Gasteiger partial charge in [-0.1, -0.05) is 12.1 Å². The molecule has 18 heavy (non-hydrogen) atoms.